The van der Waals surface area contributed by atoms with Crippen LogP contribution in [-0.2, 0) is 0 Å². The zero-order valence-electron chi connectivity index (χ0n) is 11.6. The lowest BCUT2D eigenvalue weighted by Gasteiger charge is -2.37. The smallest absolute Gasteiger partial charge is 0.181 e. The first-order valence-electron chi connectivity index (χ1n) is 6.81. The average Bonchev–Trinajstić information content (AvgIpc) is 2.40. The molecule has 1 aromatic carbocycles. The Kier molecular flexibility index (Phi) is 5.08. The number of rotatable bonds is 3. The first-order valence-corrected chi connectivity index (χ1v) is 7.57. The molecule has 1 heterocycles. The Morgan fingerprint density at radius 1 is 1.45 bits per heavy atom. The number of Topliss-reactive ketones (excluding diaryl/α,β-unsaturated/α-hetero) is 1. The Bertz CT molecular complexity index is 507. The zero-order valence-corrected chi connectivity index (χ0v) is 13.2. The number of β-amino-alcohol motifs (C(OH)–C–C–N with tert-alkyl or cyclic N) is 1. The Morgan fingerprint density at radius 2 is 2.15 bits per heavy atom. The van der Waals surface area contributed by atoms with E-state index in [1.54, 1.807) is 18.2 Å². The predicted molar refractivity (Wildman–Crippen MR) is 81.6 cm³/mol. The summed E-state index contributed by atoms with van der Waals surface area (Å²) in [6.45, 7) is 5.23. The van der Waals surface area contributed by atoms with Crippen molar-refractivity contribution in [2.24, 2.45) is 5.92 Å². The van der Waals surface area contributed by atoms with Crippen LogP contribution in [0, 0.1) is 5.92 Å². The third kappa shape index (κ3) is 3.34. The minimum Gasteiger partial charge on any atom is -0.392 e. The molecule has 3 atom stereocenters. The Labute approximate surface area is 129 Å². The second-order valence-electron chi connectivity index (χ2n) is 5.49. The molecule has 0 aromatic heterocycles. The van der Waals surface area contributed by atoms with Gasteiger partial charge in [-0.1, -0.05) is 30.1 Å². The summed E-state index contributed by atoms with van der Waals surface area (Å²) < 4.78 is 0. The van der Waals surface area contributed by atoms with E-state index in [0.717, 1.165) is 13.0 Å². The SMILES string of the molecule is CC1CCN(C(C)C(=O)c2ccc(Cl)cc2Cl)CC1O. The van der Waals surface area contributed by atoms with Gasteiger partial charge in [0, 0.05) is 17.1 Å². The van der Waals surface area contributed by atoms with Crippen molar-refractivity contribution in [2.45, 2.75) is 32.4 Å². The number of nitrogens with zero attached hydrogens (tertiary/aromatic N) is 1. The summed E-state index contributed by atoms with van der Waals surface area (Å²) >= 11 is 11.9. The van der Waals surface area contributed by atoms with Gasteiger partial charge in [0.2, 0.25) is 0 Å². The molecule has 3 nitrogen and oxygen atoms in total. The summed E-state index contributed by atoms with van der Waals surface area (Å²) in [6.07, 6.45) is 0.521. The molecule has 3 unspecified atom stereocenters. The van der Waals surface area contributed by atoms with E-state index in [2.05, 4.69) is 0 Å². The molecule has 0 amide bonds. The highest BCUT2D eigenvalue weighted by Crippen LogP contribution is 2.25. The summed E-state index contributed by atoms with van der Waals surface area (Å²) in [5.74, 6) is 0.251. The summed E-state index contributed by atoms with van der Waals surface area (Å²) in [5, 5.41) is 10.8. The first kappa shape index (κ1) is 15.8. The molecule has 0 saturated carbocycles. The number of halogens is 2. The molecule has 0 spiro atoms. The molecule has 1 fully saturated rings. The van der Waals surface area contributed by atoms with Crippen LogP contribution in [0.1, 0.15) is 30.6 Å². The van der Waals surface area contributed by atoms with E-state index in [-0.39, 0.29) is 23.8 Å². The van der Waals surface area contributed by atoms with Crippen LogP contribution in [-0.4, -0.2) is 41.0 Å². The van der Waals surface area contributed by atoms with Crippen LogP contribution < -0.4 is 0 Å². The summed E-state index contributed by atoms with van der Waals surface area (Å²) in [7, 11) is 0. The van der Waals surface area contributed by atoms with Crippen LogP contribution in [0.3, 0.4) is 0 Å². The summed E-state index contributed by atoms with van der Waals surface area (Å²) in [4.78, 5) is 14.5. The topological polar surface area (TPSA) is 40.5 Å². The molecule has 2 rings (SSSR count). The van der Waals surface area contributed by atoms with Gasteiger partial charge in [-0.2, -0.15) is 0 Å². The number of likely N-dealkylation sites (tertiary alicyclic amines) is 1. The highest BCUT2D eigenvalue weighted by atomic mass is 35.5. The molecule has 20 heavy (non-hydrogen) atoms. The van der Waals surface area contributed by atoms with E-state index in [0.29, 0.717) is 22.2 Å². The second-order valence-corrected chi connectivity index (χ2v) is 6.34. The van der Waals surface area contributed by atoms with Crippen LogP contribution in [0.15, 0.2) is 18.2 Å². The predicted octanol–water partition coefficient (Wildman–Crippen LogP) is 3.27. The lowest BCUT2D eigenvalue weighted by Crippen LogP contribution is -2.49. The molecule has 0 aliphatic carbocycles. The quantitative estimate of drug-likeness (QED) is 0.870. The molecular weight excluding hydrogens is 297 g/mol. The van der Waals surface area contributed by atoms with Gasteiger partial charge in [-0.3, -0.25) is 9.69 Å². The van der Waals surface area contributed by atoms with Crippen molar-refractivity contribution in [1.82, 2.24) is 4.90 Å². The van der Waals surface area contributed by atoms with E-state index in [1.165, 1.54) is 0 Å². The summed E-state index contributed by atoms with van der Waals surface area (Å²) in [5.41, 5.74) is 0.483. The third-order valence-electron chi connectivity index (χ3n) is 4.07. The Hall–Kier alpha value is -0.610. The molecule has 1 aromatic rings. The molecule has 1 N–H and O–H groups in total. The monoisotopic (exact) mass is 315 g/mol. The van der Waals surface area contributed by atoms with Crippen molar-refractivity contribution < 1.29 is 9.90 Å². The van der Waals surface area contributed by atoms with Gasteiger partial charge in [0.15, 0.2) is 5.78 Å². The Morgan fingerprint density at radius 3 is 2.75 bits per heavy atom. The van der Waals surface area contributed by atoms with Crippen LogP contribution in [0.5, 0.6) is 0 Å². The number of hydrogen-bond donors (Lipinski definition) is 1. The van der Waals surface area contributed by atoms with Gasteiger partial charge in [-0.05, 0) is 44.0 Å². The Balaban J connectivity index is 2.12. The number of hydrogen-bond acceptors (Lipinski definition) is 3. The van der Waals surface area contributed by atoms with Crippen molar-refractivity contribution in [3.8, 4) is 0 Å². The van der Waals surface area contributed by atoms with Crippen LogP contribution in [0.25, 0.3) is 0 Å². The molecule has 5 heteroatoms. The van der Waals surface area contributed by atoms with Crippen LogP contribution in [0.4, 0.5) is 0 Å². The maximum absolute atomic E-state index is 12.5. The molecule has 110 valence electrons. The van der Waals surface area contributed by atoms with Crippen molar-refractivity contribution in [2.75, 3.05) is 13.1 Å². The van der Waals surface area contributed by atoms with Crippen LogP contribution >= 0.6 is 23.2 Å². The maximum Gasteiger partial charge on any atom is 0.181 e. The zero-order chi connectivity index (χ0) is 14.9. The van der Waals surface area contributed by atoms with Gasteiger partial charge in [-0.15, -0.1) is 0 Å². The van der Waals surface area contributed by atoms with E-state index in [1.807, 2.05) is 18.7 Å². The molecule has 0 bridgehead atoms. The number of ketones is 1. The van der Waals surface area contributed by atoms with E-state index in [4.69, 9.17) is 23.2 Å². The van der Waals surface area contributed by atoms with E-state index < -0.39 is 0 Å². The summed E-state index contributed by atoms with van der Waals surface area (Å²) in [6, 6.07) is 4.61. The molecule has 0 radical (unpaired) electrons. The molecule has 1 saturated heterocycles. The average molecular weight is 316 g/mol. The number of benzene rings is 1. The number of carbonyl (C=O) groups is 1. The second kappa shape index (κ2) is 6.44. The van der Waals surface area contributed by atoms with Gasteiger partial charge < -0.3 is 5.11 Å². The lowest BCUT2D eigenvalue weighted by atomic mass is 9.93. The third-order valence-corrected chi connectivity index (χ3v) is 4.62. The highest BCUT2D eigenvalue weighted by Gasteiger charge is 2.31. The molecular formula is C15H19Cl2NO2. The fourth-order valence-corrected chi connectivity index (χ4v) is 3.01. The lowest BCUT2D eigenvalue weighted by molar-refractivity contribution is 0.0146. The highest BCUT2D eigenvalue weighted by molar-refractivity contribution is 6.37. The van der Waals surface area contributed by atoms with Crippen molar-refractivity contribution >= 4 is 29.0 Å². The standard InChI is InChI=1S/C15H19Cl2NO2/c1-9-5-6-18(8-14(9)19)10(2)15(20)12-4-3-11(16)7-13(12)17/h3-4,7,9-10,14,19H,5-6,8H2,1-2H3. The number of piperidine rings is 1. The van der Waals surface area contributed by atoms with Crippen molar-refractivity contribution in [1.29, 1.82) is 0 Å². The minimum atomic E-state index is -0.375. The number of aliphatic hydroxyl groups is 1. The van der Waals surface area contributed by atoms with Crippen LogP contribution in [0.2, 0.25) is 10.0 Å². The van der Waals surface area contributed by atoms with E-state index in [9.17, 15) is 9.90 Å². The van der Waals surface area contributed by atoms with Crippen molar-refractivity contribution in [3.63, 3.8) is 0 Å². The van der Waals surface area contributed by atoms with Crippen molar-refractivity contribution in [3.05, 3.63) is 33.8 Å². The molecule has 1 aliphatic rings. The van der Waals surface area contributed by atoms with Gasteiger partial charge >= 0.3 is 0 Å². The normalized spacial score (nSPS) is 25.4. The van der Waals surface area contributed by atoms with Gasteiger partial charge in [0.25, 0.3) is 0 Å². The fraction of sp³-hybridized carbons (Fsp3) is 0.533. The molecule has 1 aliphatic heterocycles. The van der Waals surface area contributed by atoms with E-state index >= 15 is 0 Å². The van der Waals surface area contributed by atoms with Gasteiger partial charge in [0.05, 0.1) is 17.2 Å². The number of aliphatic hydroxyl groups excluding tert-OH is 1. The van der Waals surface area contributed by atoms with Gasteiger partial charge in [-0.25, -0.2) is 0 Å². The minimum absolute atomic E-state index is 0.0339. The number of carbonyl (C=O) groups excluding carboxylic acids is 1. The maximum atomic E-state index is 12.5. The first-order chi connectivity index (χ1) is 9.40. The fourth-order valence-electron chi connectivity index (χ4n) is 2.51. The van der Waals surface area contributed by atoms with Gasteiger partial charge in [0.1, 0.15) is 0 Å². The largest absolute Gasteiger partial charge is 0.392 e.